The van der Waals surface area contributed by atoms with Crippen molar-refractivity contribution in [3.8, 4) is 0 Å². The van der Waals surface area contributed by atoms with Crippen molar-refractivity contribution in [1.29, 1.82) is 0 Å². The van der Waals surface area contributed by atoms with E-state index >= 15 is 0 Å². The molecule has 7 nitrogen and oxygen atoms in total. The molecule has 4 rings (SSSR count). The number of nitrogens with zero attached hydrogens (tertiary/aromatic N) is 4. The number of benzene rings is 2. The highest BCUT2D eigenvalue weighted by Crippen LogP contribution is 2.15. The van der Waals surface area contributed by atoms with Crippen molar-refractivity contribution in [2.75, 3.05) is 6.54 Å². The molecule has 0 aliphatic carbocycles. The number of amides is 1. The first kappa shape index (κ1) is 20.0. The third kappa shape index (κ3) is 4.02. The van der Waals surface area contributed by atoms with Gasteiger partial charge in [-0.25, -0.2) is 14.1 Å². The second kappa shape index (κ2) is 8.58. The molecule has 0 radical (unpaired) electrons. The van der Waals surface area contributed by atoms with Crippen molar-refractivity contribution >= 4 is 32.9 Å². The molecule has 0 bridgehead atoms. The van der Waals surface area contributed by atoms with E-state index in [9.17, 15) is 14.0 Å². The molecule has 0 saturated heterocycles. The molecule has 0 saturated carbocycles. The van der Waals surface area contributed by atoms with E-state index in [-0.39, 0.29) is 23.8 Å². The van der Waals surface area contributed by atoms with Crippen LogP contribution in [-0.2, 0) is 13.1 Å². The Balaban J connectivity index is 1.48. The second-order valence-corrected chi connectivity index (χ2v) is 7.46. The molecule has 2 aromatic heterocycles. The highest BCUT2D eigenvalue weighted by molar-refractivity contribution is 9.10. The van der Waals surface area contributed by atoms with E-state index in [2.05, 4.69) is 31.3 Å². The second-order valence-electron chi connectivity index (χ2n) is 6.61. The minimum atomic E-state index is -0.374. The van der Waals surface area contributed by atoms with Crippen LogP contribution in [-0.4, -0.2) is 31.8 Å². The van der Waals surface area contributed by atoms with Crippen molar-refractivity contribution in [1.82, 2.24) is 24.6 Å². The quantitative estimate of drug-likeness (QED) is 0.470. The van der Waals surface area contributed by atoms with E-state index in [0.717, 1.165) is 0 Å². The first-order valence-electron chi connectivity index (χ1n) is 9.21. The van der Waals surface area contributed by atoms with Crippen molar-refractivity contribution in [2.24, 2.45) is 0 Å². The van der Waals surface area contributed by atoms with E-state index in [1.54, 1.807) is 41.1 Å². The zero-order valence-electron chi connectivity index (χ0n) is 15.8. The number of rotatable bonds is 6. The summed E-state index contributed by atoms with van der Waals surface area (Å²) in [6.07, 6.45) is 2.83. The molecular formula is C21H17BrFN5O2. The molecule has 30 heavy (non-hydrogen) atoms. The van der Waals surface area contributed by atoms with Crippen LogP contribution in [0.3, 0.4) is 0 Å². The van der Waals surface area contributed by atoms with E-state index in [1.807, 2.05) is 6.07 Å². The van der Waals surface area contributed by atoms with Gasteiger partial charge < -0.3 is 5.32 Å². The Morgan fingerprint density at radius 3 is 2.70 bits per heavy atom. The monoisotopic (exact) mass is 469 g/mol. The smallest absolute Gasteiger partial charge is 0.264 e. The summed E-state index contributed by atoms with van der Waals surface area (Å²) < 4.78 is 17.5. The van der Waals surface area contributed by atoms with E-state index in [1.165, 1.54) is 23.2 Å². The maximum Gasteiger partial charge on any atom is 0.264 e. The molecular weight excluding hydrogens is 453 g/mol. The van der Waals surface area contributed by atoms with Gasteiger partial charge in [-0.3, -0.25) is 14.2 Å². The third-order valence-electron chi connectivity index (χ3n) is 4.65. The Kier molecular flexibility index (Phi) is 5.71. The van der Waals surface area contributed by atoms with Crippen LogP contribution in [0.25, 0.3) is 11.0 Å². The lowest BCUT2D eigenvalue weighted by Crippen LogP contribution is -2.28. The largest absolute Gasteiger partial charge is 0.350 e. The number of hydrogen-bond acceptors (Lipinski definition) is 4. The molecule has 0 spiro atoms. The minimum Gasteiger partial charge on any atom is -0.350 e. The summed E-state index contributed by atoms with van der Waals surface area (Å²) in [4.78, 5) is 29.3. The highest BCUT2D eigenvalue weighted by Gasteiger charge is 2.13. The molecule has 9 heteroatoms. The lowest BCUT2D eigenvalue weighted by molar-refractivity contribution is 0.0951. The van der Waals surface area contributed by atoms with E-state index < -0.39 is 0 Å². The Hall–Kier alpha value is -3.33. The van der Waals surface area contributed by atoms with Gasteiger partial charge in [0.2, 0.25) is 0 Å². The Bertz CT molecular complexity index is 1280. The molecule has 0 aliphatic heterocycles. The van der Waals surface area contributed by atoms with Crippen LogP contribution < -0.4 is 10.9 Å². The molecule has 0 atom stereocenters. The SMILES string of the molecule is O=C(NCCn1ncc2c(=O)n(Cc3ccccc3F)cnc21)c1ccccc1Br. The average Bonchev–Trinajstić information content (AvgIpc) is 3.15. The maximum absolute atomic E-state index is 13.9. The van der Waals surface area contributed by atoms with Crippen LogP contribution in [0, 0.1) is 5.82 Å². The zero-order chi connectivity index (χ0) is 21.1. The molecule has 2 heterocycles. The third-order valence-corrected chi connectivity index (χ3v) is 5.34. The summed E-state index contributed by atoms with van der Waals surface area (Å²) in [6, 6.07) is 13.4. The number of aromatic nitrogens is 4. The highest BCUT2D eigenvalue weighted by atomic mass is 79.9. The Labute approximate surface area is 179 Å². The molecule has 0 fully saturated rings. The number of fused-ring (bicyclic) bond motifs is 1. The lowest BCUT2D eigenvalue weighted by Gasteiger charge is -2.08. The van der Waals surface area contributed by atoms with Crippen LogP contribution in [0.1, 0.15) is 15.9 Å². The Morgan fingerprint density at radius 1 is 1.13 bits per heavy atom. The van der Waals surface area contributed by atoms with Crippen LogP contribution in [0.5, 0.6) is 0 Å². The number of carbonyl (C=O) groups is 1. The molecule has 152 valence electrons. The lowest BCUT2D eigenvalue weighted by atomic mass is 10.2. The molecule has 1 N–H and O–H groups in total. The van der Waals surface area contributed by atoms with Gasteiger partial charge in [-0.05, 0) is 34.1 Å². The molecule has 0 unspecified atom stereocenters. The van der Waals surface area contributed by atoms with E-state index in [4.69, 9.17) is 0 Å². The summed E-state index contributed by atoms with van der Waals surface area (Å²) in [5.41, 5.74) is 1.06. The predicted molar refractivity (Wildman–Crippen MR) is 114 cm³/mol. The fourth-order valence-corrected chi connectivity index (χ4v) is 3.56. The Morgan fingerprint density at radius 2 is 1.90 bits per heavy atom. The number of carbonyl (C=O) groups excluding carboxylic acids is 1. The zero-order valence-corrected chi connectivity index (χ0v) is 17.3. The van der Waals surface area contributed by atoms with Crippen molar-refractivity contribution in [2.45, 2.75) is 13.1 Å². The summed E-state index contributed by atoms with van der Waals surface area (Å²) in [7, 11) is 0. The fourth-order valence-electron chi connectivity index (χ4n) is 3.10. The van der Waals surface area contributed by atoms with E-state index in [0.29, 0.717) is 39.7 Å². The first-order valence-corrected chi connectivity index (χ1v) is 10.0. The van der Waals surface area contributed by atoms with Crippen LogP contribution in [0.15, 0.2) is 70.3 Å². The van der Waals surface area contributed by atoms with Gasteiger partial charge in [0.1, 0.15) is 17.5 Å². The number of halogens is 2. The molecule has 2 aromatic carbocycles. The summed E-state index contributed by atoms with van der Waals surface area (Å²) in [5.74, 6) is -0.583. The van der Waals surface area contributed by atoms with Gasteiger partial charge in [0.25, 0.3) is 11.5 Å². The van der Waals surface area contributed by atoms with Gasteiger partial charge >= 0.3 is 0 Å². The van der Waals surface area contributed by atoms with Gasteiger partial charge in [0, 0.05) is 16.6 Å². The van der Waals surface area contributed by atoms with Gasteiger partial charge in [-0.2, -0.15) is 5.10 Å². The van der Waals surface area contributed by atoms with Crippen molar-refractivity contribution in [3.05, 3.63) is 92.8 Å². The average molecular weight is 470 g/mol. The normalized spacial score (nSPS) is 11.0. The van der Waals surface area contributed by atoms with Crippen molar-refractivity contribution < 1.29 is 9.18 Å². The van der Waals surface area contributed by atoms with Gasteiger partial charge in [0.05, 0.1) is 24.8 Å². The fraction of sp³-hybridized carbons (Fsp3) is 0.143. The van der Waals surface area contributed by atoms with Gasteiger partial charge in [0.15, 0.2) is 5.65 Å². The predicted octanol–water partition coefficient (Wildman–Crippen LogP) is 2.97. The summed E-state index contributed by atoms with van der Waals surface area (Å²) in [5, 5.41) is 7.38. The number of hydrogen-bond donors (Lipinski definition) is 1. The number of nitrogens with one attached hydrogen (secondary N) is 1. The van der Waals surface area contributed by atoms with Gasteiger partial charge in [-0.15, -0.1) is 0 Å². The molecule has 0 aliphatic rings. The van der Waals surface area contributed by atoms with Crippen LogP contribution in [0.2, 0.25) is 0 Å². The topological polar surface area (TPSA) is 81.8 Å². The van der Waals surface area contributed by atoms with Crippen LogP contribution >= 0.6 is 15.9 Å². The van der Waals surface area contributed by atoms with Crippen molar-refractivity contribution in [3.63, 3.8) is 0 Å². The molecule has 1 amide bonds. The summed E-state index contributed by atoms with van der Waals surface area (Å²) in [6.45, 7) is 0.752. The molecule has 4 aromatic rings. The standard InChI is InChI=1S/C21H17BrFN5O2/c22-17-7-3-2-6-15(17)20(29)24-9-10-28-19-16(11-26-28)21(30)27(13-25-19)12-14-5-1-4-8-18(14)23/h1-8,11,13H,9-10,12H2,(H,24,29). The summed E-state index contributed by atoms with van der Waals surface area (Å²) >= 11 is 3.35. The van der Waals surface area contributed by atoms with Gasteiger partial charge in [-0.1, -0.05) is 30.3 Å². The van der Waals surface area contributed by atoms with Crippen LogP contribution in [0.4, 0.5) is 4.39 Å². The minimum absolute atomic E-state index is 0.0850. The maximum atomic E-state index is 13.9. The first-order chi connectivity index (χ1) is 14.5.